The van der Waals surface area contributed by atoms with Gasteiger partial charge in [0.25, 0.3) is 0 Å². The van der Waals surface area contributed by atoms with E-state index in [9.17, 15) is 9.59 Å². The maximum atomic E-state index is 11.0. The second kappa shape index (κ2) is 2.70. The van der Waals surface area contributed by atoms with Crippen molar-refractivity contribution >= 4 is 27.6 Å². The number of amides is 1. The van der Waals surface area contributed by atoms with Crippen LogP contribution in [0, 0.1) is 0 Å². The fourth-order valence-electron chi connectivity index (χ4n) is 0.912. The number of Topliss-reactive ketones (excluding diaryl/α,β-unsaturated/α-hetero) is 1. The summed E-state index contributed by atoms with van der Waals surface area (Å²) in [6.45, 7) is 2.74. The number of nitrogens with zero attached hydrogens (tertiary/aromatic N) is 1. The van der Waals surface area contributed by atoms with Crippen molar-refractivity contribution in [3.8, 4) is 0 Å². The molecule has 1 heterocycles. The molecule has 1 rings (SSSR count). The highest BCUT2D eigenvalue weighted by Gasteiger charge is 2.35. The van der Waals surface area contributed by atoms with Crippen LogP contribution in [-0.4, -0.2) is 34.5 Å². The van der Waals surface area contributed by atoms with Gasteiger partial charge in [-0.2, -0.15) is 0 Å². The second-order valence-electron chi connectivity index (χ2n) is 2.18. The van der Waals surface area contributed by atoms with E-state index in [1.807, 2.05) is 6.92 Å². The van der Waals surface area contributed by atoms with Crippen LogP contribution < -0.4 is 0 Å². The van der Waals surface area contributed by atoms with Gasteiger partial charge in [0.1, 0.15) is 0 Å². The van der Waals surface area contributed by atoms with Gasteiger partial charge < -0.3 is 4.90 Å². The molecule has 56 valence electrons. The first-order valence-corrected chi connectivity index (χ1v) is 4.04. The summed E-state index contributed by atoms with van der Waals surface area (Å²) in [6, 6.07) is 0. The molecule has 1 saturated heterocycles. The Bertz CT molecular complexity index is 181. The van der Waals surface area contributed by atoms with E-state index in [0.717, 1.165) is 0 Å². The number of hydrogen-bond acceptors (Lipinski definition) is 2. The second-order valence-corrected chi connectivity index (χ2v) is 3.10. The molecule has 1 aliphatic heterocycles. The lowest BCUT2D eigenvalue weighted by atomic mass is 10.3. The molecule has 0 saturated carbocycles. The molecule has 0 aliphatic carbocycles. The maximum absolute atomic E-state index is 11.0. The molecule has 0 N–H and O–H groups in total. The average molecular weight is 206 g/mol. The number of likely N-dealkylation sites (N-methyl/N-ethyl adjacent to an activating group) is 1. The monoisotopic (exact) mass is 205 g/mol. The Kier molecular flexibility index (Phi) is 2.08. The van der Waals surface area contributed by atoms with E-state index in [0.29, 0.717) is 6.54 Å². The highest BCUT2D eigenvalue weighted by atomic mass is 79.9. The van der Waals surface area contributed by atoms with Crippen molar-refractivity contribution < 1.29 is 9.59 Å². The summed E-state index contributed by atoms with van der Waals surface area (Å²) in [5.74, 6) is -0.139. The van der Waals surface area contributed by atoms with Gasteiger partial charge in [0.2, 0.25) is 5.91 Å². The first-order valence-electron chi connectivity index (χ1n) is 3.12. The van der Waals surface area contributed by atoms with Gasteiger partial charge in [0.15, 0.2) is 10.6 Å². The third-order valence-electron chi connectivity index (χ3n) is 1.54. The molecule has 0 bridgehead atoms. The summed E-state index contributed by atoms with van der Waals surface area (Å²) in [5, 5.41) is 0. The fraction of sp³-hybridized carbons (Fsp3) is 0.667. The van der Waals surface area contributed by atoms with Gasteiger partial charge in [0, 0.05) is 6.54 Å². The van der Waals surface area contributed by atoms with Crippen LogP contribution in [0.1, 0.15) is 6.92 Å². The van der Waals surface area contributed by atoms with Crippen molar-refractivity contribution in [3.63, 3.8) is 0 Å². The number of carbonyl (C=O) groups is 2. The minimum Gasteiger partial charge on any atom is -0.334 e. The summed E-state index contributed by atoms with van der Waals surface area (Å²) < 4.78 is 0. The zero-order valence-electron chi connectivity index (χ0n) is 5.63. The molecule has 0 aromatic heterocycles. The molecule has 0 aromatic rings. The molecule has 1 aliphatic rings. The molecule has 4 heteroatoms. The van der Waals surface area contributed by atoms with Crippen LogP contribution in [0.3, 0.4) is 0 Å². The van der Waals surface area contributed by atoms with Crippen LogP contribution in [-0.2, 0) is 9.59 Å². The number of halogens is 1. The Morgan fingerprint density at radius 2 is 2.30 bits per heavy atom. The number of carbonyl (C=O) groups excluding carboxylic acids is 2. The van der Waals surface area contributed by atoms with Crippen LogP contribution in [0.2, 0.25) is 0 Å². The van der Waals surface area contributed by atoms with E-state index in [1.54, 1.807) is 0 Å². The fourth-order valence-corrected chi connectivity index (χ4v) is 1.35. The van der Waals surface area contributed by atoms with Crippen molar-refractivity contribution in [2.24, 2.45) is 0 Å². The van der Waals surface area contributed by atoms with E-state index in [1.165, 1.54) is 4.90 Å². The molecule has 1 fully saturated rings. The minimum absolute atomic E-state index is 0.0353. The van der Waals surface area contributed by atoms with E-state index >= 15 is 0 Å². The SMILES string of the molecule is CCN1CC(=O)C(Br)C1=O. The largest absolute Gasteiger partial charge is 0.334 e. The molecule has 1 amide bonds. The van der Waals surface area contributed by atoms with Crippen molar-refractivity contribution in [1.29, 1.82) is 0 Å². The topological polar surface area (TPSA) is 37.4 Å². The van der Waals surface area contributed by atoms with E-state index in [-0.39, 0.29) is 18.2 Å². The van der Waals surface area contributed by atoms with Crippen LogP contribution in [0.25, 0.3) is 0 Å². The number of hydrogen-bond donors (Lipinski definition) is 0. The van der Waals surface area contributed by atoms with Gasteiger partial charge in [-0.1, -0.05) is 15.9 Å². The quantitative estimate of drug-likeness (QED) is 0.453. The van der Waals surface area contributed by atoms with Crippen molar-refractivity contribution in [2.45, 2.75) is 11.8 Å². The Morgan fingerprint density at radius 1 is 1.70 bits per heavy atom. The van der Waals surface area contributed by atoms with Gasteiger partial charge in [-0.25, -0.2) is 0 Å². The lowest BCUT2D eigenvalue weighted by Crippen LogP contribution is -2.26. The highest BCUT2D eigenvalue weighted by Crippen LogP contribution is 2.14. The maximum Gasteiger partial charge on any atom is 0.244 e. The predicted octanol–water partition coefficient (Wildman–Crippen LogP) is 0.181. The molecule has 0 spiro atoms. The minimum atomic E-state index is -0.576. The van der Waals surface area contributed by atoms with E-state index < -0.39 is 4.83 Å². The molecule has 0 radical (unpaired) electrons. The third kappa shape index (κ3) is 1.08. The molecule has 3 nitrogen and oxygen atoms in total. The number of alkyl halides is 1. The number of ketones is 1. The lowest BCUT2D eigenvalue weighted by Gasteiger charge is -2.09. The van der Waals surface area contributed by atoms with Gasteiger partial charge in [-0.3, -0.25) is 9.59 Å². The molecule has 10 heavy (non-hydrogen) atoms. The summed E-state index contributed by atoms with van der Waals surface area (Å²) in [7, 11) is 0. The summed E-state index contributed by atoms with van der Waals surface area (Å²) in [6.07, 6.45) is 0. The van der Waals surface area contributed by atoms with Crippen LogP contribution in [0.4, 0.5) is 0 Å². The molecule has 0 aromatic carbocycles. The normalized spacial score (nSPS) is 26.2. The van der Waals surface area contributed by atoms with Crippen LogP contribution in [0.5, 0.6) is 0 Å². The highest BCUT2D eigenvalue weighted by molar-refractivity contribution is 9.10. The van der Waals surface area contributed by atoms with Crippen molar-refractivity contribution in [2.75, 3.05) is 13.1 Å². The first kappa shape index (κ1) is 7.72. The lowest BCUT2D eigenvalue weighted by molar-refractivity contribution is -0.127. The Morgan fingerprint density at radius 3 is 2.50 bits per heavy atom. The Balaban J connectivity index is 2.71. The number of rotatable bonds is 1. The van der Waals surface area contributed by atoms with Gasteiger partial charge in [-0.15, -0.1) is 0 Å². The van der Waals surface area contributed by atoms with Gasteiger partial charge in [0.05, 0.1) is 6.54 Å². The van der Waals surface area contributed by atoms with Crippen LogP contribution in [0.15, 0.2) is 0 Å². The number of likely N-dealkylation sites (tertiary alicyclic amines) is 1. The molecular formula is C6H8BrNO2. The molecule has 1 unspecified atom stereocenters. The van der Waals surface area contributed by atoms with E-state index in [4.69, 9.17) is 0 Å². The summed E-state index contributed by atoms with van der Waals surface area (Å²) in [4.78, 5) is 22.8. The van der Waals surface area contributed by atoms with Gasteiger partial charge in [-0.05, 0) is 6.92 Å². The van der Waals surface area contributed by atoms with Crippen LogP contribution >= 0.6 is 15.9 Å². The molecule has 1 atom stereocenters. The first-order chi connectivity index (χ1) is 4.66. The summed E-state index contributed by atoms with van der Waals surface area (Å²) >= 11 is 3.01. The zero-order valence-corrected chi connectivity index (χ0v) is 7.22. The van der Waals surface area contributed by atoms with Crippen molar-refractivity contribution in [3.05, 3.63) is 0 Å². The smallest absolute Gasteiger partial charge is 0.244 e. The third-order valence-corrected chi connectivity index (χ3v) is 2.44. The van der Waals surface area contributed by atoms with Gasteiger partial charge >= 0.3 is 0 Å². The Labute approximate surface area is 67.5 Å². The average Bonchev–Trinajstić information content (AvgIpc) is 2.17. The van der Waals surface area contributed by atoms with E-state index in [2.05, 4.69) is 15.9 Å². The zero-order chi connectivity index (χ0) is 7.72. The summed E-state index contributed by atoms with van der Waals surface area (Å²) in [5.41, 5.74) is 0. The molecular weight excluding hydrogens is 198 g/mol. The Hall–Kier alpha value is -0.380. The standard InChI is InChI=1S/C6H8BrNO2/c1-2-8-3-4(9)5(7)6(8)10/h5H,2-3H2,1H3. The predicted molar refractivity (Wildman–Crippen MR) is 40.0 cm³/mol. The van der Waals surface area contributed by atoms with Crippen molar-refractivity contribution in [1.82, 2.24) is 4.90 Å².